The first-order valence-corrected chi connectivity index (χ1v) is 11.1. The zero-order valence-corrected chi connectivity index (χ0v) is 17.7. The minimum atomic E-state index is 0.781. The zero-order valence-electron chi connectivity index (χ0n) is 16.1. The highest BCUT2D eigenvalue weighted by Crippen LogP contribution is 2.43. The van der Waals surface area contributed by atoms with Crippen LogP contribution in [0.5, 0.6) is 0 Å². The van der Waals surface area contributed by atoms with Gasteiger partial charge in [-0.3, -0.25) is 4.90 Å². The summed E-state index contributed by atoms with van der Waals surface area (Å²) in [7, 11) is 0. The summed E-state index contributed by atoms with van der Waals surface area (Å²) in [5.41, 5.74) is 22.1. The third kappa shape index (κ3) is 3.47. The van der Waals surface area contributed by atoms with Crippen LogP contribution in [0.15, 0.2) is 84.9 Å². The van der Waals surface area contributed by atoms with Crippen LogP contribution in [0.1, 0.15) is 0 Å². The van der Waals surface area contributed by atoms with Crippen molar-refractivity contribution < 1.29 is 0 Å². The molecule has 0 aliphatic heterocycles. The van der Waals surface area contributed by atoms with Gasteiger partial charge in [0, 0.05) is 11.4 Å². The maximum absolute atomic E-state index is 6.00. The van der Waals surface area contributed by atoms with Crippen LogP contribution in [-0.4, -0.2) is 0 Å². The average molecular weight is 429 g/mol. The number of nitrogens with zero attached hydrogens (tertiary/aromatic N) is 1. The molecule has 6 heteroatoms. The molecule has 4 nitrogen and oxygen atoms in total. The molecule has 2 heterocycles. The average Bonchev–Trinajstić information content (AvgIpc) is 3.37. The topological polar surface area (TPSA) is 81.3 Å². The number of thiophene rings is 2. The second kappa shape index (κ2) is 7.40. The summed E-state index contributed by atoms with van der Waals surface area (Å²) in [6, 6.07) is 28.9. The van der Waals surface area contributed by atoms with Crippen molar-refractivity contribution in [2.75, 3.05) is 22.1 Å². The third-order valence-corrected chi connectivity index (χ3v) is 6.79. The number of fused-ring (bicyclic) bond motifs is 1. The minimum Gasteiger partial charge on any atom is -0.399 e. The Morgan fingerprint density at radius 3 is 1.70 bits per heavy atom. The van der Waals surface area contributed by atoms with Crippen molar-refractivity contribution in [3.05, 3.63) is 84.9 Å². The van der Waals surface area contributed by atoms with E-state index in [0.29, 0.717) is 0 Å². The Labute approximate surface area is 182 Å². The normalized spacial score (nSPS) is 11.1. The molecule has 30 heavy (non-hydrogen) atoms. The summed E-state index contributed by atoms with van der Waals surface area (Å²) >= 11 is 3.11. The van der Waals surface area contributed by atoms with Gasteiger partial charge in [-0.1, -0.05) is 30.3 Å². The number of hydrogen-bond donors (Lipinski definition) is 3. The lowest BCUT2D eigenvalue weighted by molar-refractivity contribution is 1.36. The van der Waals surface area contributed by atoms with Gasteiger partial charge in [0.05, 0.1) is 10.0 Å². The molecule has 0 spiro atoms. The second-order valence-electron chi connectivity index (χ2n) is 7.06. The van der Waals surface area contributed by atoms with Gasteiger partial charge in [-0.05, 0) is 76.5 Å². The molecule has 0 aliphatic carbocycles. The first kappa shape index (κ1) is 18.5. The maximum Gasteiger partial charge on any atom is 0.103 e. The van der Waals surface area contributed by atoms with Gasteiger partial charge in [-0.25, -0.2) is 0 Å². The quantitative estimate of drug-likeness (QED) is 0.274. The van der Waals surface area contributed by atoms with Gasteiger partial charge < -0.3 is 17.2 Å². The van der Waals surface area contributed by atoms with E-state index in [1.807, 2.05) is 36.4 Å². The van der Waals surface area contributed by atoms with E-state index in [-0.39, 0.29) is 0 Å². The minimum absolute atomic E-state index is 0.781. The summed E-state index contributed by atoms with van der Waals surface area (Å²) < 4.78 is 0. The Bertz CT molecular complexity index is 1290. The Morgan fingerprint density at radius 1 is 0.533 bits per heavy atom. The molecule has 5 rings (SSSR count). The predicted octanol–water partition coefficient (Wildman–Crippen LogP) is 6.85. The molecule has 0 aliphatic rings. The van der Waals surface area contributed by atoms with Crippen molar-refractivity contribution >= 4 is 64.8 Å². The van der Waals surface area contributed by atoms with Gasteiger partial charge in [0.25, 0.3) is 0 Å². The van der Waals surface area contributed by atoms with E-state index in [9.17, 15) is 0 Å². The molecule has 2 aromatic heterocycles. The first-order valence-electron chi connectivity index (χ1n) is 9.47. The summed E-state index contributed by atoms with van der Waals surface area (Å²) in [5, 5.41) is 6.01. The molecule has 0 bridgehead atoms. The molecular formula is C24H20N4S2. The summed E-state index contributed by atoms with van der Waals surface area (Å²) in [5.74, 6) is 0. The van der Waals surface area contributed by atoms with E-state index in [4.69, 9.17) is 17.2 Å². The smallest absolute Gasteiger partial charge is 0.103 e. The molecule has 0 unspecified atom stereocenters. The highest BCUT2D eigenvalue weighted by atomic mass is 32.1. The molecule has 6 N–H and O–H groups in total. The van der Waals surface area contributed by atoms with E-state index in [0.717, 1.165) is 42.3 Å². The van der Waals surface area contributed by atoms with Gasteiger partial charge in [0.1, 0.15) is 10.0 Å². The van der Waals surface area contributed by atoms with Gasteiger partial charge in [-0.2, -0.15) is 0 Å². The third-order valence-electron chi connectivity index (χ3n) is 4.99. The molecule has 5 aromatic rings. The Hall–Kier alpha value is -3.48. The zero-order chi connectivity index (χ0) is 20.7. The van der Waals surface area contributed by atoms with Crippen LogP contribution in [0.25, 0.3) is 21.9 Å². The van der Waals surface area contributed by atoms with E-state index in [1.165, 1.54) is 10.9 Å². The van der Waals surface area contributed by atoms with Gasteiger partial charge in [0.15, 0.2) is 0 Å². The van der Waals surface area contributed by atoms with Crippen LogP contribution in [-0.2, 0) is 0 Å². The van der Waals surface area contributed by atoms with Crippen LogP contribution in [0.3, 0.4) is 0 Å². The lowest BCUT2D eigenvalue weighted by Crippen LogP contribution is -2.06. The van der Waals surface area contributed by atoms with E-state index >= 15 is 0 Å². The van der Waals surface area contributed by atoms with Gasteiger partial charge in [0.2, 0.25) is 0 Å². The largest absolute Gasteiger partial charge is 0.399 e. The summed E-state index contributed by atoms with van der Waals surface area (Å²) in [4.78, 5) is 2.19. The summed E-state index contributed by atoms with van der Waals surface area (Å²) in [6.45, 7) is 0. The van der Waals surface area contributed by atoms with Crippen molar-refractivity contribution in [1.29, 1.82) is 0 Å². The van der Waals surface area contributed by atoms with Crippen LogP contribution in [0, 0.1) is 0 Å². The predicted molar refractivity (Wildman–Crippen MR) is 133 cm³/mol. The van der Waals surface area contributed by atoms with Crippen LogP contribution in [0.2, 0.25) is 0 Å². The maximum atomic E-state index is 6.00. The number of hydrogen-bond acceptors (Lipinski definition) is 6. The number of nitrogens with two attached hydrogens (primary N) is 3. The van der Waals surface area contributed by atoms with Gasteiger partial charge >= 0.3 is 0 Å². The molecule has 0 fully saturated rings. The van der Waals surface area contributed by atoms with Crippen LogP contribution in [0.4, 0.5) is 31.4 Å². The molecule has 0 radical (unpaired) electrons. The highest BCUT2D eigenvalue weighted by Gasteiger charge is 2.16. The van der Waals surface area contributed by atoms with Crippen molar-refractivity contribution in [3.8, 4) is 11.1 Å². The van der Waals surface area contributed by atoms with Crippen molar-refractivity contribution in [2.24, 2.45) is 0 Å². The van der Waals surface area contributed by atoms with Crippen molar-refractivity contribution in [2.45, 2.75) is 0 Å². The van der Waals surface area contributed by atoms with E-state index in [2.05, 4.69) is 53.4 Å². The highest BCUT2D eigenvalue weighted by molar-refractivity contribution is 7.22. The fourth-order valence-electron chi connectivity index (χ4n) is 3.53. The van der Waals surface area contributed by atoms with Crippen LogP contribution < -0.4 is 22.1 Å². The lowest BCUT2D eigenvalue weighted by Gasteiger charge is -2.21. The molecule has 0 saturated heterocycles. The van der Waals surface area contributed by atoms with Crippen LogP contribution >= 0.6 is 22.7 Å². The van der Waals surface area contributed by atoms with Crippen molar-refractivity contribution in [1.82, 2.24) is 0 Å². The molecule has 0 amide bonds. The van der Waals surface area contributed by atoms with Gasteiger partial charge in [-0.15, -0.1) is 22.7 Å². The lowest BCUT2D eigenvalue weighted by atomic mass is 10.0. The monoisotopic (exact) mass is 428 g/mol. The summed E-state index contributed by atoms with van der Waals surface area (Å²) in [6.07, 6.45) is 0. The van der Waals surface area contributed by atoms with E-state index < -0.39 is 0 Å². The van der Waals surface area contributed by atoms with Crippen molar-refractivity contribution in [3.63, 3.8) is 0 Å². The Balaban J connectivity index is 1.53. The fourth-order valence-corrected chi connectivity index (χ4v) is 5.21. The molecule has 3 aromatic carbocycles. The molecule has 0 saturated carbocycles. The number of benzene rings is 3. The first-order chi connectivity index (χ1) is 14.6. The standard InChI is InChI=1S/C24H20N4S2/c25-19-6-3-17-13-16(1-2-18(17)14-19)15-4-7-20(8-5-15)28(23-11-9-21(26)29-23)24-12-10-22(27)30-24/h1-14H,25-27H2. The fraction of sp³-hybridized carbons (Fsp3) is 0. The Morgan fingerprint density at radius 2 is 1.10 bits per heavy atom. The number of rotatable bonds is 4. The molecule has 148 valence electrons. The number of anilines is 6. The second-order valence-corrected chi connectivity index (χ2v) is 9.24. The number of nitrogen functional groups attached to an aromatic ring is 3. The molecule has 0 atom stereocenters. The molecular weight excluding hydrogens is 408 g/mol. The SMILES string of the molecule is Nc1ccc2cc(-c3ccc(N(c4ccc(N)s4)c4ccc(N)s4)cc3)ccc2c1. The Kier molecular flexibility index (Phi) is 4.58. The van der Waals surface area contributed by atoms with E-state index in [1.54, 1.807) is 22.7 Å².